The molecule has 112 valence electrons. The van der Waals surface area contributed by atoms with E-state index in [2.05, 4.69) is 4.98 Å². The van der Waals surface area contributed by atoms with E-state index in [1.165, 1.54) is 18.0 Å². The number of benzene rings is 1. The van der Waals surface area contributed by atoms with Gasteiger partial charge >= 0.3 is 6.55 Å². The molecule has 0 saturated heterocycles. The maximum Gasteiger partial charge on any atom is 0.319 e. The second-order valence-electron chi connectivity index (χ2n) is 5.10. The number of para-hydroxylation sites is 1. The summed E-state index contributed by atoms with van der Waals surface area (Å²) in [6.07, 6.45) is 3.62. The van der Waals surface area contributed by atoms with Gasteiger partial charge in [0.25, 0.3) is 0 Å². The minimum atomic E-state index is -2.57. The van der Waals surface area contributed by atoms with Crippen LogP contribution in [0.3, 0.4) is 0 Å². The number of imidazole rings is 1. The average molecular weight is 293 g/mol. The Hall–Kier alpha value is -1.95. The van der Waals surface area contributed by atoms with Gasteiger partial charge in [0.1, 0.15) is 5.82 Å². The van der Waals surface area contributed by atoms with Crippen LogP contribution in [-0.4, -0.2) is 29.3 Å². The van der Waals surface area contributed by atoms with Gasteiger partial charge in [-0.1, -0.05) is 18.2 Å². The van der Waals surface area contributed by atoms with Crippen molar-refractivity contribution in [3.8, 4) is 0 Å². The first kappa shape index (κ1) is 14.0. The summed E-state index contributed by atoms with van der Waals surface area (Å²) in [5.41, 5.74) is 2.24. The molecule has 1 aliphatic heterocycles. The van der Waals surface area contributed by atoms with Gasteiger partial charge < -0.3 is 9.64 Å². The van der Waals surface area contributed by atoms with Crippen LogP contribution in [0.25, 0.3) is 0 Å². The van der Waals surface area contributed by atoms with Crippen LogP contribution in [0.4, 0.5) is 14.5 Å². The Morgan fingerprint density at radius 2 is 2.19 bits per heavy atom. The summed E-state index contributed by atoms with van der Waals surface area (Å²) >= 11 is 0. The molecule has 2 heterocycles. The number of rotatable bonds is 4. The molecule has 0 aliphatic carbocycles. The highest BCUT2D eigenvalue weighted by molar-refractivity contribution is 5.56. The van der Waals surface area contributed by atoms with E-state index in [0.29, 0.717) is 18.9 Å². The van der Waals surface area contributed by atoms with Crippen molar-refractivity contribution < 1.29 is 13.5 Å². The van der Waals surface area contributed by atoms with Gasteiger partial charge in [-0.05, 0) is 11.6 Å². The summed E-state index contributed by atoms with van der Waals surface area (Å²) in [5.74, 6) is 0.358. The van der Waals surface area contributed by atoms with Crippen LogP contribution in [0.15, 0.2) is 36.7 Å². The van der Waals surface area contributed by atoms with Crippen molar-refractivity contribution in [2.75, 3.05) is 18.6 Å². The normalized spacial score (nSPS) is 18.1. The zero-order valence-electron chi connectivity index (χ0n) is 11.7. The smallest absolute Gasteiger partial charge is 0.319 e. The lowest BCUT2D eigenvalue weighted by Gasteiger charge is -2.35. The van der Waals surface area contributed by atoms with E-state index in [1.807, 2.05) is 29.2 Å². The van der Waals surface area contributed by atoms with Crippen molar-refractivity contribution in [2.24, 2.45) is 0 Å². The Balaban J connectivity index is 1.89. The van der Waals surface area contributed by atoms with Crippen molar-refractivity contribution in [3.05, 3.63) is 48.0 Å². The van der Waals surface area contributed by atoms with Gasteiger partial charge in [0, 0.05) is 38.2 Å². The fraction of sp³-hybridized carbons (Fsp3) is 0.400. The second-order valence-corrected chi connectivity index (χ2v) is 5.10. The summed E-state index contributed by atoms with van der Waals surface area (Å²) in [7, 11) is 1.68. The van der Waals surface area contributed by atoms with E-state index in [4.69, 9.17) is 4.74 Å². The number of alkyl halides is 2. The Morgan fingerprint density at radius 3 is 2.95 bits per heavy atom. The van der Waals surface area contributed by atoms with Crippen molar-refractivity contribution in [1.29, 1.82) is 0 Å². The first-order valence-corrected chi connectivity index (χ1v) is 6.84. The van der Waals surface area contributed by atoms with Gasteiger partial charge in [-0.2, -0.15) is 8.78 Å². The van der Waals surface area contributed by atoms with E-state index >= 15 is 0 Å². The number of fused-ring (bicyclic) bond motifs is 1. The molecule has 1 aromatic heterocycles. The average Bonchev–Trinajstić information content (AvgIpc) is 2.95. The molecular formula is C15H17F2N3O. The number of aromatic nitrogens is 2. The number of methoxy groups -OCH3 is 1. The highest BCUT2D eigenvalue weighted by Crippen LogP contribution is 2.29. The minimum Gasteiger partial charge on any atom is -0.379 e. The lowest BCUT2D eigenvalue weighted by atomic mass is 9.99. The van der Waals surface area contributed by atoms with Crippen LogP contribution in [0.5, 0.6) is 0 Å². The van der Waals surface area contributed by atoms with Gasteiger partial charge in [-0.15, -0.1) is 0 Å². The summed E-state index contributed by atoms with van der Waals surface area (Å²) < 4.78 is 32.2. The van der Waals surface area contributed by atoms with Gasteiger partial charge in [0.2, 0.25) is 0 Å². The number of nitrogens with zero attached hydrogens (tertiary/aromatic N) is 3. The van der Waals surface area contributed by atoms with Crippen molar-refractivity contribution in [1.82, 2.24) is 9.55 Å². The lowest BCUT2D eigenvalue weighted by molar-refractivity contribution is 0.0665. The van der Waals surface area contributed by atoms with E-state index < -0.39 is 6.55 Å². The number of hydrogen-bond donors (Lipinski definition) is 0. The molecule has 1 aromatic carbocycles. The molecular weight excluding hydrogens is 276 g/mol. The van der Waals surface area contributed by atoms with Crippen LogP contribution in [-0.2, 0) is 17.7 Å². The number of ether oxygens (including phenoxy) is 1. The van der Waals surface area contributed by atoms with E-state index in [1.54, 1.807) is 7.11 Å². The lowest BCUT2D eigenvalue weighted by Crippen LogP contribution is -2.39. The Bertz CT molecular complexity index is 614. The second kappa shape index (κ2) is 5.81. The molecule has 0 saturated carbocycles. The summed E-state index contributed by atoms with van der Waals surface area (Å²) in [6.45, 7) is -1.56. The molecule has 0 fully saturated rings. The molecule has 1 atom stereocenters. The summed E-state index contributed by atoms with van der Waals surface area (Å²) in [5, 5.41) is 0. The van der Waals surface area contributed by atoms with Crippen molar-refractivity contribution in [2.45, 2.75) is 25.6 Å². The predicted octanol–water partition coefficient (Wildman–Crippen LogP) is 2.86. The molecule has 0 N–H and O–H groups in total. The molecule has 0 bridgehead atoms. The first-order valence-electron chi connectivity index (χ1n) is 6.84. The molecule has 1 aliphatic rings. The maximum absolute atomic E-state index is 12.9. The quantitative estimate of drug-likeness (QED) is 0.868. The molecule has 6 heteroatoms. The van der Waals surface area contributed by atoms with Gasteiger partial charge in [-0.3, -0.25) is 4.57 Å². The van der Waals surface area contributed by atoms with Gasteiger partial charge in [0.15, 0.2) is 0 Å². The van der Waals surface area contributed by atoms with E-state index in [-0.39, 0.29) is 6.10 Å². The fourth-order valence-corrected chi connectivity index (χ4v) is 2.77. The zero-order chi connectivity index (χ0) is 14.8. The SMILES string of the molecule is CO[C@H]1Cc2ccccc2N(Cc2nccn2C(F)F)C1. The molecule has 3 rings (SSSR count). The van der Waals surface area contributed by atoms with E-state index in [0.717, 1.165) is 16.7 Å². The Labute approximate surface area is 122 Å². The van der Waals surface area contributed by atoms with Gasteiger partial charge in [-0.25, -0.2) is 4.98 Å². The molecule has 0 spiro atoms. The fourth-order valence-electron chi connectivity index (χ4n) is 2.77. The molecule has 2 aromatic rings. The monoisotopic (exact) mass is 293 g/mol. The van der Waals surface area contributed by atoms with Crippen LogP contribution in [0.2, 0.25) is 0 Å². The van der Waals surface area contributed by atoms with Crippen LogP contribution in [0.1, 0.15) is 17.9 Å². The number of anilines is 1. The highest BCUT2D eigenvalue weighted by Gasteiger charge is 2.25. The van der Waals surface area contributed by atoms with Crippen molar-refractivity contribution in [3.63, 3.8) is 0 Å². The topological polar surface area (TPSA) is 30.3 Å². The third-order valence-electron chi connectivity index (χ3n) is 3.83. The third-order valence-corrected chi connectivity index (χ3v) is 3.83. The third kappa shape index (κ3) is 2.76. The molecule has 0 unspecified atom stereocenters. The zero-order valence-corrected chi connectivity index (χ0v) is 11.7. The number of halogens is 2. The Kier molecular flexibility index (Phi) is 3.88. The largest absolute Gasteiger partial charge is 0.379 e. The molecule has 0 amide bonds. The van der Waals surface area contributed by atoms with Crippen LogP contribution < -0.4 is 4.90 Å². The number of hydrogen-bond acceptors (Lipinski definition) is 3. The summed E-state index contributed by atoms with van der Waals surface area (Å²) in [4.78, 5) is 6.11. The predicted molar refractivity (Wildman–Crippen MR) is 75.5 cm³/mol. The molecule has 4 nitrogen and oxygen atoms in total. The standard InChI is InChI=1S/C15H17F2N3O/c1-21-12-8-11-4-2-3-5-13(11)19(9-12)10-14-18-6-7-20(14)15(16)17/h2-7,12,15H,8-10H2,1H3/t12-/m0/s1. The van der Waals surface area contributed by atoms with Gasteiger partial charge in [0.05, 0.1) is 12.6 Å². The minimum absolute atomic E-state index is 0.0647. The Morgan fingerprint density at radius 1 is 1.38 bits per heavy atom. The van der Waals surface area contributed by atoms with Crippen LogP contribution >= 0.6 is 0 Å². The summed E-state index contributed by atoms with van der Waals surface area (Å²) in [6, 6.07) is 8.00. The molecule has 0 radical (unpaired) electrons. The molecule has 21 heavy (non-hydrogen) atoms. The van der Waals surface area contributed by atoms with E-state index in [9.17, 15) is 8.78 Å². The maximum atomic E-state index is 12.9. The van der Waals surface area contributed by atoms with Crippen LogP contribution in [0, 0.1) is 0 Å². The first-order chi connectivity index (χ1) is 10.2. The highest BCUT2D eigenvalue weighted by atomic mass is 19.3. The van der Waals surface area contributed by atoms with Crippen molar-refractivity contribution >= 4 is 5.69 Å².